The molecule has 1 aliphatic rings. The van der Waals surface area contributed by atoms with Gasteiger partial charge in [-0.05, 0) is 67.9 Å². The number of fused-ring (bicyclic) bond motifs is 1. The lowest BCUT2D eigenvalue weighted by molar-refractivity contribution is 0.0924. The summed E-state index contributed by atoms with van der Waals surface area (Å²) in [5.74, 6) is 1.19. The fourth-order valence-electron chi connectivity index (χ4n) is 3.93. The van der Waals surface area contributed by atoms with Gasteiger partial charge in [0.15, 0.2) is 0 Å². The first kappa shape index (κ1) is 22.7. The summed E-state index contributed by atoms with van der Waals surface area (Å²) < 4.78 is 38.8. The van der Waals surface area contributed by atoms with E-state index < -0.39 is 10.0 Å². The minimum absolute atomic E-state index is 0.0672. The van der Waals surface area contributed by atoms with E-state index in [0.717, 1.165) is 22.4 Å². The van der Waals surface area contributed by atoms with Crippen molar-refractivity contribution in [3.8, 4) is 11.5 Å². The Morgan fingerprint density at radius 1 is 1.03 bits per heavy atom. The van der Waals surface area contributed by atoms with E-state index in [-0.39, 0.29) is 16.8 Å². The molecule has 0 saturated heterocycles. The van der Waals surface area contributed by atoms with E-state index in [1.165, 1.54) is 24.3 Å². The third-order valence-electron chi connectivity index (χ3n) is 5.55. The second-order valence-electron chi connectivity index (χ2n) is 8.02. The standard InChI is InChI=1S/C25H26N2O5S/c1-16-14-17(2)24-22(15-16)23(12-13-32-24)26-25(28)18-4-10-21(11-5-18)33(29,30)27-19-6-8-20(31-3)9-7-19/h4-11,14-15,23,27H,12-13H2,1-3H3,(H,26,28). The number of anilines is 1. The van der Waals surface area contributed by atoms with Crippen LogP contribution in [0.2, 0.25) is 0 Å². The van der Waals surface area contributed by atoms with Crippen LogP contribution in [0.4, 0.5) is 5.69 Å². The number of rotatable bonds is 6. The van der Waals surface area contributed by atoms with Gasteiger partial charge in [-0.1, -0.05) is 17.7 Å². The van der Waals surface area contributed by atoms with Gasteiger partial charge in [0, 0.05) is 23.2 Å². The smallest absolute Gasteiger partial charge is 0.261 e. The quantitative estimate of drug-likeness (QED) is 0.563. The van der Waals surface area contributed by atoms with Crippen molar-refractivity contribution in [1.29, 1.82) is 0 Å². The van der Waals surface area contributed by atoms with Crippen molar-refractivity contribution >= 4 is 21.6 Å². The minimum Gasteiger partial charge on any atom is -0.497 e. The van der Waals surface area contributed by atoms with E-state index in [1.807, 2.05) is 19.9 Å². The van der Waals surface area contributed by atoms with Crippen LogP contribution in [-0.4, -0.2) is 28.0 Å². The first-order valence-corrected chi connectivity index (χ1v) is 12.1. The monoisotopic (exact) mass is 466 g/mol. The van der Waals surface area contributed by atoms with Gasteiger partial charge in [0.25, 0.3) is 15.9 Å². The van der Waals surface area contributed by atoms with Gasteiger partial charge in [-0.15, -0.1) is 0 Å². The fourth-order valence-corrected chi connectivity index (χ4v) is 4.99. The number of aryl methyl sites for hydroxylation is 2. The molecular weight excluding hydrogens is 440 g/mol. The van der Waals surface area contributed by atoms with E-state index >= 15 is 0 Å². The highest BCUT2D eigenvalue weighted by Gasteiger charge is 2.25. The van der Waals surface area contributed by atoms with Crippen LogP contribution >= 0.6 is 0 Å². The molecule has 1 unspecified atom stereocenters. The number of nitrogens with one attached hydrogen (secondary N) is 2. The van der Waals surface area contributed by atoms with Crippen LogP contribution in [0, 0.1) is 13.8 Å². The number of sulfonamides is 1. The van der Waals surface area contributed by atoms with Gasteiger partial charge in [0.2, 0.25) is 0 Å². The first-order valence-electron chi connectivity index (χ1n) is 10.6. The Morgan fingerprint density at radius 2 is 1.73 bits per heavy atom. The van der Waals surface area contributed by atoms with E-state index in [2.05, 4.69) is 16.1 Å². The van der Waals surface area contributed by atoms with Crippen LogP contribution in [0.1, 0.15) is 39.5 Å². The lowest BCUT2D eigenvalue weighted by Crippen LogP contribution is -2.32. The normalized spacial score (nSPS) is 15.2. The number of benzene rings is 3. The Morgan fingerprint density at radius 3 is 2.39 bits per heavy atom. The van der Waals surface area contributed by atoms with Gasteiger partial charge in [-0.25, -0.2) is 8.42 Å². The zero-order valence-corrected chi connectivity index (χ0v) is 19.5. The van der Waals surface area contributed by atoms with E-state index in [9.17, 15) is 13.2 Å². The van der Waals surface area contributed by atoms with Crippen molar-refractivity contribution in [2.45, 2.75) is 31.2 Å². The highest BCUT2D eigenvalue weighted by Crippen LogP contribution is 2.35. The molecule has 1 atom stereocenters. The molecule has 0 radical (unpaired) electrons. The summed E-state index contributed by atoms with van der Waals surface area (Å²) in [5.41, 5.74) is 3.92. The summed E-state index contributed by atoms with van der Waals surface area (Å²) in [4.78, 5) is 12.9. The Bertz CT molecular complexity index is 1270. The van der Waals surface area contributed by atoms with Crippen molar-refractivity contribution in [3.05, 3.63) is 82.9 Å². The number of methoxy groups -OCH3 is 1. The van der Waals surface area contributed by atoms with Crippen LogP contribution in [0.5, 0.6) is 11.5 Å². The molecule has 0 spiro atoms. The van der Waals surface area contributed by atoms with Crippen LogP contribution in [0.25, 0.3) is 0 Å². The molecule has 0 bridgehead atoms. The summed E-state index contributed by atoms with van der Waals surface area (Å²) in [5, 5.41) is 3.06. The summed E-state index contributed by atoms with van der Waals surface area (Å²) in [6, 6.07) is 16.4. The SMILES string of the molecule is COc1ccc(NS(=O)(=O)c2ccc(C(=O)NC3CCOc4c(C)cc(C)cc43)cc2)cc1. The summed E-state index contributed by atoms with van der Waals surface area (Å²) >= 11 is 0. The van der Waals surface area contributed by atoms with E-state index in [4.69, 9.17) is 9.47 Å². The molecule has 3 aromatic rings. The largest absolute Gasteiger partial charge is 0.497 e. The molecule has 0 saturated carbocycles. The van der Waals surface area contributed by atoms with Crippen LogP contribution in [-0.2, 0) is 10.0 Å². The van der Waals surface area contributed by atoms with Crippen molar-refractivity contribution in [2.75, 3.05) is 18.4 Å². The van der Waals surface area contributed by atoms with Crippen molar-refractivity contribution < 1.29 is 22.7 Å². The average molecular weight is 467 g/mol. The summed E-state index contributed by atoms with van der Waals surface area (Å²) in [7, 11) is -2.25. The number of hydrogen-bond donors (Lipinski definition) is 2. The zero-order valence-electron chi connectivity index (χ0n) is 18.7. The average Bonchev–Trinajstić information content (AvgIpc) is 2.80. The van der Waals surface area contributed by atoms with Gasteiger partial charge in [0.05, 0.1) is 24.7 Å². The summed E-state index contributed by atoms with van der Waals surface area (Å²) in [6.07, 6.45) is 0.667. The topological polar surface area (TPSA) is 93.7 Å². The highest BCUT2D eigenvalue weighted by atomic mass is 32.2. The van der Waals surface area contributed by atoms with Gasteiger partial charge >= 0.3 is 0 Å². The molecule has 4 rings (SSSR count). The lowest BCUT2D eigenvalue weighted by atomic mass is 9.95. The Labute approximate surface area is 193 Å². The maximum atomic E-state index is 12.9. The molecule has 1 heterocycles. The predicted molar refractivity (Wildman–Crippen MR) is 126 cm³/mol. The predicted octanol–water partition coefficient (Wildman–Crippen LogP) is 4.37. The molecule has 3 aromatic carbocycles. The molecular formula is C25H26N2O5S. The number of ether oxygens (including phenoxy) is 2. The number of amides is 1. The second kappa shape index (κ2) is 9.15. The molecule has 2 N–H and O–H groups in total. The maximum Gasteiger partial charge on any atom is 0.261 e. The Balaban J connectivity index is 1.48. The second-order valence-corrected chi connectivity index (χ2v) is 9.70. The third kappa shape index (κ3) is 4.96. The number of carbonyl (C=O) groups is 1. The molecule has 172 valence electrons. The number of carbonyl (C=O) groups excluding carboxylic acids is 1. The molecule has 1 amide bonds. The van der Waals surface area contributed by atoms with Gasteiger partial charge < -0.3 is 14.8 Å². The third-order valence-corrected chi connectivity index (χ3v) is 6.95. The Hall–Kier alpha value is -3.52. The summed E-state index contributed by atoms with van der Waals surface area (Å²) in [6.45, 7) is 4.53. The molecule has 33 heavy (non-hydrogen) atoms. The molecule has 0 aliphatic carbocycles. The molecule has 7 nitrogen and oxygen atoms in total. The first-order chi connectivity index (χ1) is 15.8. The van der Waals surface area contributed by atoms with Crippen LogP contribution < -0.4 is 19.5 Å². The van der Waals surface area contributed by atoms with Crippen molar-refractivity contribution in [3.63, 3.8) is 0 Å². The lowest BCUT2D eigenvalue weighted by Gasteiger charge is -2.28. The van der Waals surface area contributed by atoms with Crippen molar-refractivity contribution in [2.24, 2.45) is 0 Å². The van der Waals surface area contributed by atoms with Gasteiger partial charge in [0.1, 0.15) is 11.5 Å². The van der Waals surface area contributed by atoms with Gasteiger partial charge in [-0.2, -0.15) is 0 Å². The van der Waals surface area contributed by atoms with Crippen molar-refractivity contribution in [1.82, 2.24) is 5.32 Å². The van der Waals surface area contributed by atoms with E-state index in [1.54, 1.807) is 31.4 Å². The minimum atomic E-state index is -3.79. The molecule has 8 heteroatoms. The Kier molecular flexibility index (Phi) is 6.29. The maximum absolute atomic E-state index is 12.9. The zero-order chi connectivity index (χ0) is 23.6. The van der Waals surface area contributed by atoms with E-state index in [0.29, 0.717) is 30.0 Å². The molecule has 0 aromatic heterocycles. The molecule has 0 fully saturated rings. The molecule has 1 aliphatic heterocycles. The van der Waals surface area contributed by atoms with Crippen LogP contribution in [0.3, 0.4) is 0 Å². The number of hydrogen-bond acceptors (Lipinski definition) is 5. The fraction of sp³-hybridized carbons (Fsp3) is 0.240. The van der Waals surface area contributed by atoms with Crippen LogP contribution in [0.15, 0.2) is 65.6 Å². The van der Waals surface area contributed by atoms with Gasteiger partial charge in [-0.3, -0.25) is 9.52 Å². The highest BCUT2D eigenvalue weighted by molar-refractivity contribution is 7.92.